The molecule has 1 aromatic rings. The maximum absolute atomic E-state index is 13.8. The van der Waals surface area contributed by atoms with Crippen molar-refractivity contribution in [2.24, 2.45) is 5.92 Å². The van der Waals surface area contributed by atoms with Crippen molar-refractivity contribution in [3.63, 3.8) is 0 Å². The number of hydrogen-bond donors (Lipinski definition) is 1. The van der Waals surface area contributed by atoms with E-state index in [4.69, 9.17) is 14.6 Å². The molecule has 1 unspecified atom stereocenters. The highest BCUT2D eigenvalue weighted by Gasteiger charge is 2.55. The van der Waals surface area contributed by atoms with E-state index in [1.807, 2.05) is 7.05 Å². The average molecular weight is 442 g/mol. The first-order valence-electron chi connectivity index (χ1n) is 8.58. The molecule has 0 saturated carbocycles. The molecule has 1 spiro atoms. The van der Waals surface area contributed by atoms with E-state index in [1.165, 1.54) is 22.5 Å². The maximum Gasteiger partial charge on any atom is 0.490 e. The number of halogens is 4. The standard InChI is InChI=1S/C15H21FN2O3S.C2HF3O2/c1-17-8-12(9-21-2)7-15(17)10-18(11-15)22(19,20)14-6-4-3-5-13(14)16;3-2(4,5)1(6)7/h3-6,12H,7-11H2,1-2H3;(H,6,7). The van der Waals surface area contributed by atoms with Crippen LogP contribution >= 0.6 is 0 Å². The first-order valence-corrected chi connectivity index (χ1v) is 10.0. The van der Waals surface area contributed by atoms with Crippen LogP contribution in [0.25, 0.3) is 0 Å². The second-order valence-electron chi connectivity index (χ2n) is 7.14. The summed E-state index contributed by atoms with van der Waals surface area (Å²) in [5, 5.41) is 7.12. The molecule has 164 valence electrons. The zero-order valence-corrected chi connectivity index (χ0v) is 16.6. The summed E-state index contributed by atoms with van der Waals surface area (Å²) in [5.41, 5.74) is -0.123. The summed E-state index contributed by atoms with van der Waals surface area (Å²) in [6, 6.07) is 5.54. The largest absolute Gasteiger partial charge is 0.490 e. The molecule has 0 aromatic heterocycles. The molecule has 2 heterocycles. The van der Waals surface area contributed by atoms with Gasteiger partial charge < -0.3 is 9.84 Å². The summed E-state index contributed by atoms with van der Waals surface area (Å²) in [5.74, 6) is -3.03. The Labute approximate surface area is 165 Å². The molecule has 7 nitrogen and oxygen atoms in total. The van der Waals surface area contributed by atoms with E-state index in [0.29, 0.717) is 25.6 Å². The molecule has 1 N–H and O–H groups in total. The van der Waals surface area contributed by atoms with Crippen molar-refractivity contribution in [2.75, 3.05) is 40.4 Å². The van der Waals surface area contributed by atoms with Crippen molar-refractivity contribution in [3.05, 3.63) is 30.1 Å². The quantitative estimate of drug-likeness (QED) is 0.716. The Hall–Kier alpha value is -1.76. The fourth-order valence-electron chi connectivity index (χ4n) is 3.63. The molecule has 0 amide bonds. The van der Waals surface area contributed by atoms with Crippen LogP contribution in [0, 0.1) is 11.7 Å². The van der Waals surface area contributed by atoms with E-state index in [9.17, 15) is 26.0 Å². The van der Waals surface area contributed by atoms with Gasteiger partial charge >= 0.3 is 12.1 Å². The third kappa shape index (κ3) is 5.05. The number of methoxy groups -OCH3 is 1. The number of likely N-dealkylation sites (tertiary alicyclic amines) is 1. The van der Waals surface area contributed by atoms with Gasteiger partial charge in [0.1, 0.15) is 10.7 Å². The number of ether oxygens (including phenoxy) is 1. The predicted molar refractivity (Wildman–Crippen MR) is 94.2 cm³/mol. The van der Waals surface area contributed by atoms with Crippen molar-refractivity contribution in [2.45, 2.75) is 23.0 Å². The molecule has 2 saturated heterocycles. The summed E-state index contributed by atoms with van der Waals surface area (Å²) in [6.45, 7) is 2.42. The highest BCUT2D eigenvalue weighted by molar-refractivity contribution is 7.89. The Morgan fingerprint density at radius 3 is 2.34 bits per heavy atom. The lowest BCUT2D eigenvalue weighted by Gasteiger charge is -2.50. The fourth-order valence-corrected chi connectivity index (χ4v) is 5.29. The number of carboxylic acid groups (broad SMARTS) is 1. The summed E-state index contributed by atoms with van der Waals surface area (Å²) >= 11 is 0. The van der Waals surface area contributed by atoms with E-state index in [0.717, 1.165) is 13.0 Å². The molecule has 3 rings (SSSR count). The van der Waals surface area contributed by atoms with Crippen LogP contribution in [0.4, 0.5) is 17.6 Å². The number of alkyl halides is 3. The van der Waals surface area contributed by atoms with Crippen LogP contribution in [0.5, 0.6) is 0 Å². The minimum Gasteiger partial charge on any atom is -0.475 e. The molecule has 2 fully saturated rings. The number of nitrogens with zero attached hydrogens (tertiary/aromatic N) is 2. The number of sulfonamides is 1. The zero-order valence-electron chi connectivity index (χ0n) is 15.8. The van der Waals surface area contributed by atoms with Gasteiger partial charge in [-0.1, -0.05) is 12.1 Å². The Balaban J connectivity index is 0.000000370. The second kappa shape index (κ2) is 8.54. The van der Waals surface area contributed by atoms with E-state index in [2.05, 4.69) is 4.90 Å². The number of carboxylic acids is 1. The van der Waals surface area contributed by atoms with Gasteiger partial charge in [-0.3, -0.25) is 4.90 Å². The maximum atomic E-state index is 13.8. The molecule has 1 aromatic carbocycles. The number of hydrogen-bond acceptors (Lipinski definition) is 5. The smallest absolute Gasteiger partial charge is 0.475 e. The topological polar surface area (TPSA) is 87.2 Å². The molecule has 0 bridgehead atoms. The highest BCUT2D eigenvalue weighted by Crippen LogP contribution is 2.41. The number of benzene rings is 1. The van der Waals surface area contributed by atoms with Crippen molar-refractivity contribution >= 4 is 16.0 Å². The summed E-state index contributed by atoms with van der Waals surface area (Å²) in [6.07, 6.45) is -4.17. The Morgan fingerprint density at radius 1 is 1.31 bits per heavy atom. The lowest BCUT2D eigenvalue weighted by Crippen LogP contribution is -2.68. The van der Waals surface area contributed by atoms with Crippen LogP contribution < -0.4 is 0 Å². The Bertz CT molecular complexity index is 840. The van der Waals surface area contributed by atoms with Crippen molar-refractivity contribution < 1.29 is 40.6 Å². The zero-order chi connectivity index (χ0) is 22.0. The van der Waals surface area contributed by atoms with Gasteiger partial charge in [0.15, 0.2) is 0 Å². The molecule has 0 radical (unpaired) electrons. The van der Waals surface area contributed by atoms with E-state index in [1.54, 1.807) is 13.2 Å². The van der Waals surface area contributed by atoms with Gasteiger partial charge in [-0.25, -0.2) is 17.6 Å². The molecular formula is C17H22F4N2O5S. The summed E-state index contributed by atoms with van der Waals surface area (Å²) < 4.78 is 77.2. The number of rotatable bonds is 4. The van der Waals surface area contributed by atoms with E-state index in [-0.39, 0.29) is 10.4 Å². The normalized spacial score (nSPS) is 22.1. The molecule has 29 heavy (non-hydrogen) atoms. The summed E-state index contributed by atoms with van der Waals surface area (Å²) in [4.78, 5) is 10.9. The molecule has 0 aliphatic carbocycles. The second-order valence-corrected chi connectivity index (χ2v) is 9.04. The third-order valence-electron chi connectivity index (χ3n) is 5.05. The van der Waals surface area contributed by atoms with Crippen LogP contribution in [0.3, 0.4) is 0 Å². The van der Waals surface area contributed by atoms with Gasteiger partial charge in [0, 0.05) is 32.3 Å². The van der Waals surface area contributed by atoms with Gasteiger partial charge in [0.2, 0.25) is 10.0 Å². The van der Waals surface area contributed by atoms with Crippen LogP contribution in [0.15, 0.2) is 29.2 Å². The van der Waals surface area contributed by atoms with Gasteiger partial charge in [-0.15, -0.1) is 0 Å². The highest BCUT2D eigenvalue weighted by atomic mass is 32.2. The van der Waals surface area contributed by atoms with Crippen molar-refractivity contribution in [1.29, 1.82) is 0 Å². The predicted octanol–water partition coefficient (Wildman–Crippen LogP) is 1.80. The monoisotopic (exact) mass is 442 g/mol. The lowest BCUT2D eigenvalue weighted by molar-refractivity contribution is -0.192. The fraction of sp³-hybridized carbons (Fsp3) is 0.588. The SMILES string of the molecule is COCC1CN(C)C2(C1)CN(S(=O)(=O)c1ccccc1F)C2.O=C(O)C(F)(F)F. The van der Waals surface area contributed by atoms with Gasteiger partial charge in [0.25, 0.3) is 0 Å². The van der Waals surface area contributed by atoms with E-state index >= 15 is 0 Å². The van der Waals surface area contributed by atoms with Crippen molar-refractivity contribution in [1.82, 2.24) is 9.21 Å². The van der Waals surface area contributed by atoms with Crippen LogP contribution in [-0.4, -0.2) is 80.8 Å². The Kier molecular flexibility index (Phi) is 6.93. The average Bonchev–Trinajstić information content (AvgIpc) is 2.90. The minimum atomic E-state index is -5.08. The van der Waals surface area contributed by atoms with Gasteiger partial charge in [-0.2, -0.15) is 17.5 Å². The molecule has 2 aliphatic rings. The summed E-state index contributed by atoms with van der Waals surface area (Å²) in [7, 11) is -0.0513. The number of aliphatic carboxylic acids is 1. The van der Waals surface area contributed by atoms with Crippen LogP contribution in [0.1, 0.15) is 6.42 Å². The lowest BCUT2D eigenvalue weighted by atomic mass is 9.87. The first-order chi connectivity index (χ1) is 13.3. The Morgan fingerprint density at radius 2 is 1.86 bits per heavy atom. The van der Waals surface area contributed by atoms with Crippen LogP contribution in [0.2, 0.25) is 0 Å². The van der Waals surface area contributed by atoms with Crippen molar-refractivity contribution in [3.8, 4) is 0 Å². The molecular weight excluding hydrogens is 420 g/mol. The van der Waals surface area contributed by atoms with Gasteiger partial charge in [0.05, 0.1) is 6.61 Å². The molecule has 2 aliphatic heterocycles. The van der Waals surface area contributed by atoms with E-state index < -0.39 is 28.0 Å². The third-order valence-corrected chi connectivity index (χ3v) is 6.88. The molecule has 1 atom stereocenters. The molecule has 12 heteroatoms. The number of carbonyl (C=O) groups is 1. The minimum absolute atomic E-state index is 0.123. The van der Waals surface area contributed by atoms with Crippen LogP contribution in [-0.2, 0) is 19.6 Å². The van der Waals surface area contributed by atoms with Gasteiger partial charge in [-0.05, 0) is 31.5 Å². The number of likely N-dealkylation sites (N-methyl/N-ethyl adjacent to an activating group) is 1. The first kappa shape index (κ1) is 23.5.